The van der Waals surface area contributed by atoms with Crippen molar-refractivity contribution in [2.45, 2.75) is 0 Å². The van der Waals surface area contributed by atoms with Crippen LogP contribution in [-0.4, -0.2) is 14.1 Å². The van der Waals surface area contributed by atoms with Crippen molar-refractivity contribution in [3.8, 4) is 50.9 Å². The molecule has 3 heterocycles. The molecule has 3 aromatic heterocycles. The summed E-state index contributed by atoms with van der Waals surface area (Å²) >= 11 is 0. The molecule has 6 aromatic carbocycles. The molecule has 0 saturated heterocycles. The molecule has 0 saturated carbocycles. The monoisotopic (exact) mass is 823 g/mol. The number of aromatic nitrogens is 4. The van der Waals surface area contributed by atoms with Gasteiger partial charge in [-0.25, -0.2) is 4.98 Å². The first-order valence-electron chi connectivity index (χ1n) is 16.1. The van der Waals surface area contributed by atoms with Gasteiger partial charge >= 0.3 is 0 Å². The smallest absolute Gasteiger partial charge is 0.267 e. The van der Waals surface area contributed by atoms with Crippen LogP contribution in [0.3, 0.4) is 0 Å². The van der Waals surface area contributed by atoms with Crippen LogP contribution in [0.25, 0.3) is 61.3 Å². The van der Waals surface area contributed by atoms with Crippen LogP contribution in [-0.2, 0) is 21.1 Å². The minimum atomic E-state index is 0. The van der Waals surface area contributed by atoms with Gasteiger partial charge in [0.1, 0.15) is 5.82 Å². The first-order chi connectivity index (χ1) is 24.3. The molecule has 6 heteroatoms. The van der Waals surface area contributed by atoms with Crippen molar-refractivity contribution in [2.24, 2.45) is 0 Å². The van der Waals surface area contributed by atoms with Crippen LogP contribution in [0.15, 0.2) is 170 Å². The van der Waals surface area contributed by atoms with Gasteiger partial charge in [-0.15, -0.1) is 29.7 Å². The average molecular weight is 824 g/mol. The van der Waals surface area contributed by atoms with Crippen LogP contribution in [0, 0.1) is 18.5 Å². The molecule has 9 rings (SSSR count). The molecule has 0 aliphatic heterocycles. The summed E-state index contributed by atoms with van der Waals surface area (Å²) in [4.78, 5) is 4.63. The Morgan fingerprint density at radius 3 is 2.02 bits per heavy atom. The van der Waals surface area contributed by atoms with E-state index in [0.717, 1.165) is 61.3 Å². The molecule has 5 nitrogen and oxygen atoms in total. The number of nitrogens with zero attached hydrogens (tertiary/aromatic N) is 4. The standard InChI is InChI=1S/C44H28N4O.Pt/c1-3-12-32(13-4-1)34-26-35(33-14-5-2-6-15-33)28-37(27-34)47-25-24-46(31-47)36-16-11-17-38(29-36)49-39-21-22-41-40-18-7-8-19-42(40)48(43(41)30-39)44-20-9-10-23-45-44;/h1-28H;/q-2;. The van der Waals surface area contributed by atoms with Crippen LogP contribution < -0.4 is 9.30 Å². The molecule has 0 fully saturated rings. The Kier molecular flexibility index (Phi) is 8.42. The second-order valence-electron chi connectivity index (χ2n) is 11.8. The number of benzene rings is 6. The molecular formula is C44H28N4OPt-2. The third kappa shape index (κ3) is 5.93. The summed E-state index contributed by atoms with van der Waals surface area (Å²) in [6, 6.07) is 58.7. The predicted molar refractivity (Wildman–Crippen MR) is 193 cm³/mol. The molecule has 0 radical (unpaired) electrons. The number of hydrogen-bond acceptors (Lipinski definition) is 2. The van der Waals surface area contributed by atoms with Crippen molar-refractivity contribution >= 4 is 21.8 Å². The summed E-state index contributed by atoms with van der Waals surface area (Å²) in [5.74, 6) is 2.01. The topological polar surface area (TPSA) is 35.9 Å². The van der Waals surface area contributed by atoms with Gasteiger partial charge in [0.05, 0.1) is 5.69 Å². The maximum Gasteiger partial charge on any atom is 0.267 e. The second-order valence-corrected chi connectivity index (χ2v) is 11.8. The van der Waals surface area contributed by atoms with E-state index in [-0.39, 0.29) is 21.1 Å². The molecule has 0 aliphatic carbocycles. The Hall–Kier alpha value is -6.03. The molecule has 50 heavy (non-hydrogen) atoms. The molecule has 9 aromatic rings. The molecule has 0 spiro atoms. The average Bonchev–Trinajstić information content (AvgIpc) is 3.80. The van der Waals surface area contributed by atoms with Crippen molar-refractivity contribution in [3.05, 3.63) is 189 Å². The summed E-state index contributed by atoms with van der Waals surface area (Å²) in [6.07, 6.45) is 9.29. The van der Waals surface area contributed by atoms with Crippen molar-refractivity contribution in [2.75, 3.05) is 0 Å². The fourth-order valence-corrected chi connectivity index (χ4v) is 6.35. The summed E-state index contributed by atoms with van der Waals surface area (Å²) < 4.78 is 12.4. The number of imidazole rings is 1. The molecule has 0 N–H and O–H groups in total. The number of hydrogen-bond donors (Lipinski definition) is 0. The van der Waals surface area contributed by atoms with E-state index in [2.05, 4.69) is 119 Å². The summed E-state index contributed by atoms with van der Waals surface area (Å²) in [6.45, 7) is 0. The molecule has 0 bridgehead atoms. The van der Waals surface area contributed by atoms with E-state index in [1.54, 1.807) is 6.20 Å². The fraction of sp³-hybridized carbons (Fsp3) is 0. The van der Waals surface area contributed by atoms with Gasteiger partial charge < -0.3 is 13.9 Å². The number of rotatable bonds is 7. The molecule has 242 valence electrons. The van der Waals surface area contributed by atoms with Crippen LogP contribution in [0.5, 0.6) is 11.5 Å². The Morgan fingerprint density at radius 1 is 0.580 bits per heavy atom. The van der Waals surface area contributed by atoms with Gasteiger partial charge in [-0.05, 0) is 69.7 Å². The van der Waals surface area contributed by atoms with E-state index in [1.807, 2.05) is 82.2 Å². The van der Waals surface area contributed by atoms with Crippen LogP contribution >= 0.6 is 0 Å². The first-order valence-corrected chi connectivity index (χ1v) is 16.1. The van der Waals surface area contributed by atoms with E-state index in [4.69, 9.17) is 4.74 Å². The molecular weight excluding hydrogens is 796 g/mol. The first kappa shape index (κ1) is 31.2. The minimum absolute atomic E-state index is 0. The second kappa shape index (κ2) is 13.5. The van der Waals surface area contributed by atoms with Crippen LogP contribution in [0.4, 0.5) is 0 Å². The van der Waals surface area contributed by atoms with E-state index in [0.29, 0.717) is 11.5 Å². The van der Waals surface area contributed by atoms with E-state index in [1.165, 1.54) is 0 Å². The van der Waals surface area contributed by atoms with Gasteiger partial charge in [0.2, 0.25) is 0 Å². The minimum Gasteiger partial charge on any atom is -0.510 e. The van der Waals surface area contributed by atoms with Crippen molar-refractivity contribution < 1.29 is 30.4 Å². The fourth-order valence-electron chi connectivity index (χ4n) is 6.35. The van der Waals surface area contributed by atoms with Gasteiger partial charge in [-0.1, -0.05) is 90.4 Å². The van der Waals surface area contributed by atoms with Crippen LogP contribution in [0.1, 0.15) is 0 Å². The predicted octanol–water partition coefficient (Wildman–Crippen LogP) is 9.77. The molecule has 0 unspecified atom stereocenters. The van der Waals surface area contributed by atoms with Gasteiger partial charge in [0.15, 0.2) is 0 Å². The SMILES string of the molecule is [Pt].[c-]1c(Oc2[c-]c3c(cc2)c2ccccc2n3-c2ccccn2)cccc1-n1[c-][n+](-c2cc(-c3ccccc3)cc(-c3ccccc3)c2)cc1. The third-order valence-electron chi connectivity index (χ3n) is 8.66. The van der Waals surface area contributed by atoms with E-state index < -0.39 is 0 Å². The number of ether oxygens (including phenoxy) is 1. The normalized spacial score (nSPS) is 11.0. The van der Waals surface area contributed by atoms with E-state index >= 15 is 0 Å². The summed E-state index contributed by atoms with van der Waals surface area (Å²) in [7, 11) is 0. The third-order valence-corrected chi connectivity index (χ3v) is 8.66. The van der Waals surface area contributed by atoms with Gasteiger partial charge in [-0.2, -0.15) is 18.2 Å². The summed E-state index contributed by atoms with van der Waals surface area (Å²) in [5, 5.41) is 2.23. The Morgan fingerprint density at radius 2 is 1.28 bits per heavy atom. The van der Waals surface area contributed by atoms with Gasteiger partial charge in [0, 0.05) is 56.7 Å². The zero-order chi connectivity index (χ0) is 32.6. The van der Waals surface area contributed by atoms with Crippen molar-refractivity contribution in [1.82, 2.24) is 14.1 Å². The largest absolute Gasteiger partial charge is 0.510 e. The molecule has 0 aliphatic rings. The number of pyridine rings is 1. The quantitative estimate of drug-likeness (QED) is 0.119. The number of para-hydroxylation sites is 1. The Balaban J connectivity index is 0.00000361. The van der Waals surface area contributed by atoms with E-state index in [9.17, 15) is 0 Å². The maximum absolute atomic E-state index is 6.38. The number of fused-ring (bicyclic) bond motifs is 3. The molecule has 0 amide bonds. The summed E-state index contributed by atoms with van der Waals surface area (Å²) in [5.41, 5.74) is 8.40. The maximum atomic E-state index is 6.38. The Bertz CT molecular complexity index is 2520. The zero-order valence-corrected chi connectivity index (χ0v) is 29.0. The van der Waals surface area contributed by atoms with Gasteiger partial charge in [-0.3, -0.25) is 4.57 Å². The van der Waals surface area contributed by atoms with Crippen molar-refractivity contribution in [1.29, 1.82) is 0 Å². The molecule has 0 atom stereocenters. The van der Waals surface area contributed by atoms with Crippen LogP contribution in [0.2, 0.25) is 0 Å². The Labute approximate surface area is 304 Å². The zero-order valence-electron chi connectivity index (χ0n) is 26.7. The van der Waals surface area contributed by atoms with Gasteiger partial charge in [0.25, 0.3) is 6.33 Å². The van der Waals surface area contributed by atoms with Crippen molar-refractivity contribution in [3.63, 3.8) is 0 Å².